The zero-order chi connectivity index (χ0) is 13.5. The second-order valence-electron chi connectivity index (χ2n) is 3.52. The average molecular weight is 315 g/mol. The van der Waals surface area contributed by atoms with Gasteiger partial charge in [0.25, 0.3) is 5.91 Å². The summed E-state index contributed by atoms with van der Waals surface area (Å²) in [4.78, 5) is 22.9. The van der Waals surface area contributed by atoms with Gasteiger partial charge in [-0.1, -0.05) is 15.9 Å². The zero-order valence-corrected chi connectivity index (χ0v) is 11.8. The Hall–Kier alpha value is -1.56. The standard InChI is InChI=1S/C12H15BrN2O3/c1-14-11(16)5-6-15-12(17)9-4-3-8(13)7-10(9)18-2/h3-4,7H,5-6H2,1-2H3,(H,14,16)(H,15,17). The van der Waals surface area contributed by atoms with Crippen molar-refractivity contribution in [1.29, 1.82) is 0 Å². The molecule has 0 spiro atoms. The van der Waals surface area contributed by atoms with E-state index < -0.39 is 0 Å². The van der Waals surface area contributed by atoms with Crippen LogP contribution in [0.1, 0.15) is 16.8 Å². The Bertz CT molecular complexity index is 449. The summed E-state index contributed by atoms with van der Waals surface area (Å²) in [5, 5.41) is 5.15. The molecule has 0 heterocycles. The normalized spacial score (nSPS) is 9.72. The molecule has 0 aliphatic heterocycles. The third kappa shape index (κ3) is 4.03. The maximum absolute atomic E-state index is 11.9. The number of benzene rings is 1. The van der Waals surface area contributed by atoms with Crippen molar-refractivity contribution in [2.24, 2.45) is 0 Å². The van der Waals surface area contributed by atoms with E-state index in [1.807, 2.05) is 0 Å². The molecule has 0 saturated heterocycles. The van der Waals surface area contributed by atoms with E-state index in [1.165, 1.54) is 7.11 Å². The van der Waals surface area contributed by atoms with Crippen molar-refractivity contribution < 1.29 is 14.3 Å². The maximum Gasteiger partial charge on any atom is 0.255 e. The molecule has 98 valence electrons. The van der Waals surface area contributed by atoms with E-state index in [2.05, 4.69) is 26.6 Å². The topological polar surface area (TPSA) is 67.4 Å². The fourth-order valence-electron chi connectivity index (χ4n) is 1.36. The Morgan fingerprint density at radius 1 is 1.39 bits per heavy atom. The van der Waals surface area contributed by atoms with Crippen LogP contribution in [0.4, 0.5) is 0 Å². The quantitative estimate of drug-likeness (QED) is 0.861. The minimum atomic E-state index is -0.261. The Morgan fingerprint density at radius 2 is 2.11 bits per heavy atom. The van der Waals surface area contributed by atoms with Crippen LogP contribution in [0.5, 0.6) is 5.75 Å². The summed E-state index contributed by atoms with van der Waals surface area (Å²) < 4.78 is 5.96. The zero-order valence-electron chi connectivity index (χ0n) is 10.2. The van der Waals surface area contributed by atoms with Gasteiger partial charge in [0.2, 0.25) is 5.91 Å². The molecule has 1 aromatic carbocycles. The van der Waals surface area contributed by atoms with Gasteiger partial charge in [-0.05, 0) is 18.2 Å². The van der Waals surface area contributed by atoms with Crippen molar-refractivity contribution in [3.63, 3.8) is 0 Å². The molecule has 0 unspecified atom stereocenters. The number of carbonyl (C=O) groups is 2. The Kier molecular flexibility index (Phi) is 5.64. The third-order valence-electron chi connectivity index (χ3n) is 2.32. The molecule has 0 bridgehead atoms. The van der Waals surface area contributed by atoms with Crippen LogP contribution < -0.4 is 15.4 Å². The molecule has 0 atom stereocenters. The number of nitrogens with one attached hydrogen (secondary N) is 2. The lowest BCUT2D eigenvalue weighted by atomic mass is 10.2. The van der Waals surface area contributed by atoms with Crippen LogP contribution in [0.25, 0.3) is 0 Å². The summed E-state index contributed by atoms with van der Waals surface area (Å²) >= 11 is 3.30. The molecule has 0 aromatic heterocycles. The number of hydrogen-bond acceptors (Lipinski definition) is 3. The lowest BCUT2D eigenvalue weighted by Gasteiger charge is -2.09. The van der Waals surface area contributed by atoms with Crippen LogP contribution in [0.2, 0.25) is 0 Å². The van der Waals surface area contributed by atoms with Crippen LogP contribution >= 0.6 is 15.9 Å². The first-order valence-electron chi connectivity index (χ1n) is 5.40. The molecule has 5 nitrogen and oxygen atoms in total. The first-order chi connectivity index (χ1) is 8.58. The highest BCUT2D eigenvalue weighted by Crippen LogP contribution is 2.23. The van der Waals surface area contributed by atoms with Gasteiger partial charge in [0, 0.05) is 24.5 Å². The summed E-state index contributed by atoms with van der Waals surface area (Å²) in [6, 6.07) is 5.14. The smallest absolute Gasteiger partial charge is 0.255 e. The lowest BCUT2D eigenvalue weighted by Crippen LogP contribution is -2.29. The highest BCUT2D eigenvalue weighted by atomic mass is 79.9. The minimum Gasteiger partial charge on any atom is -0.496 e. The summed E-state index contributed by atoms with van der Waals surface area (Å²) in [6.45, 7) is 0.289. The first-order valence-corrected chi connectivity index (χ1v) is 6.20. The second kappa shape index (κ2) is 7.00. The SMILES string of the molecule is CNC(=O)CCNC(=O)c1ccc(Br)cc1OC. The van der Waals surface area contributed by atoms with Gasteiger partial charge in [-0.25, -0.2) is 0 Å². The summed E-state index contributed by atoms with van der Waals surface area (Å²) in [5.41, 5.74) is 0.442. The van der Waals surface area contributed by atoms with Crippen molar-refractivity contribution in [2.75, 3.05) is 20.7 Å². The lowest BCUT2D eigenvalue weighted by molar-refractivity contribution is -0.120. The largest absolute Gasteiger partial charge is 0.496 e. The van der Waals surface area contributed by atoms with Crippen molar-refractivity contribution in [3.05, 3.63) is 28.2 Å². The van der Waals surface area contributed by atoms with Crippen molar-refractivity contribution >= 4 is 27.7 Å². The summed E-state index contributed by atoms with van der Waals surface area (Å²) in [6.07, 6.45) is 0.251. The molecule has 1 rings (SSSR count). The second-order valence-corrected chi connectivity index (χ2v) is 4.44. The number of amides is 2. The van der Waals surface area contributed by atoms with Gasteiger partial charge in [-0.3, -0.25) is 9.59 Å². The molecule has 18 heavy (non-hydrogen) atoms. The van der Waals surface area contributed by atoms with Crippen LogP contribution in [0.3, 0.4) is 0 Å². The number of ether oxygens (including phenoxy) is 1. The number of halogens is 1. The molecule has 2 amide bonds. The monoisotopic (exact) mass is 314 g/mol. The maximum atomic E-state index is 11.9. The van der Waals surface area contributed by atoms with Gasteiger partial charge in [-0.2, -0.15) is 0 Å². The fraction of sp³-hybridized carbons (Fsp3) is 0.333. The summed E-state index contributed by atoms with van der Waals surface area (Å²) in [7, 11) is 3.06. The van der Waals surface area contributed by atoms with Crippen molar-refractivity contribution in [3.8, 4) is 5.75 Å². The molecule has 0 fully saturated rings. The van der Waals surface area contributed by atoms with Gasteiger partial charge in [-0.15, -0.1) is 0 Å². The molecular formula is C12H15BrN2O3. The van der Waals surface area contributed by atoms with Crippen LogP contribution in [0, 0.1) is 0 Å². The predicted octanol–water partition coefficient (Wildman–Crippen LogP) is 1.32. The van der Waals surface area contributed by atoms with E-state index in [0.717, 1.165) is 4.47 Å². The van der Waals surface area contributed by atoms with Crippen LogP contribution in [0.15, 0.2) is 22.7 Å². The molecule has 0 radical (unpaired) electrons. The summed E-state index contributed by atoms with van der Waals surface area (Å²) in [5.74, 6) is 0.114. The fourth-order valence-corrected chi connectivity index (χ4v) is 1.70. The molecule has 0 aliphatic carbocycles. The van der Waals surface area contributed by atoms with Gasteiger partial charge >= 0.3 is 0 Å². The molecule has 1 aromatic rings. The van der Waals surface area contributed by atoms with E-state index >= 15 is 0 Å². The molecular weight excluding hydrogens is 300 g/mol. The highest BCUT2D eigenvalue weighted by Gasteiger charge is 2.12. The van der Waals surface area contributed by atoms with Gasteiger partial charge in [0.15, 0.2) is 0 Å². The number of carbonyl (C=O) groups excluding carboxylic acids is 2. The highest BCUT2D eigenvalue weighted by molar-refractivity contribution is 9.10. The predicted molar refractivity (Wildman–Crippen MR) is 71.7 cm³/mol. The van der Waals surface area contributed by atoms with Crippen molar-refractivity contribution in [2.45, 2.75) is 6.42 Å². The number of methoxy groups -OCH3 is 1. The van der Waals surface area contributed by atoms with E-state index in [9.17, 15) is 9.59 Å². The Morgan fingerprint density at radius 3 is 2.72 bits per heavy atom. The number of rotatable bonds is 5. The van der Waals surface area contributed by atoms with E-state index in [-0.39, 0.29) is 24.8 Å². The van der Waals surface area contributed by atoms with Gasteiger partial charge in [0.1, 0.15) is 5.75 Å². The van der Waals surface area contributed by atoms with E-state index in [0.29, 0.717) is 11.3 Å². The van der Waals surface area contributed by atoms with Gasteiger partial charge in [0.05, 0.1) is 12.7 Å². The molecule has 6 heteroatoms. The van der Waals surface area contributed by atoms with Crippen LogP contribution in [-0.2, 0) is 4.79 Å². The molecule has 0 aliphatic rings. The molecule has 0 saturated carbocycles. The average Bonchev–Trinajstić information content (AvgIpc) is 2.37. The minimum absolute atomic E-state index is 0.113. The van der Waals surface area contributed by atoms with Gasteiger partial charge < -0.3 is 15.4 Å². The number of hydrogen-bond donors (Lipinski definition) is 2. The Labute approximate surface area is 114 Å². The van der Waals surface area contributed by atoms with Crippen molar-refractivity contribution in [1.82, 2.24) is 10.6 Å². The Balaban J connectivity index is 2.64. The first kappa shape index (κ1) is 14.5. The van der Waals surface area contributed by atoms with E-state index in [4.69, 9.17) is 4.74 Å². The van der Waals surface area contributed by atoms with E-state index in [1.54, 1.807) is 25.2 Å². The van der Waals surface area contributed by atoms with Crippen LogP contribution in [-0.4, -0.2) is 32.5 Å². The third-order valence-corrected chi connectivity index (χ3v) is 2.82. The molecule has 2 N–H and O–H groups in total.